The summed E-state index contributed by atoms with van der Waals surface area (Å²) in [6.07, 6.45) is 5.23. The number of carbonyl (C=O) groups excluding carboxylic acids is 1. The molecule has 2 nitrogen and oxygen atoms in total. The van der Waals surface area contributed by atoms with Crippen LogP contribution in [-0.2, 0) is 9.53 Å². The first-order chi connectivity index (χ1) is 7.50. The first kappa shape index (κ1) is 16.6. The van der Waals surface area contributed by atoms with Crippen molar-refractivity contribution in [1.29, 1.82) is 0 Å². The summed E-state index contributed by atoms with van der Waals surface area (Å²) in [4.78, 5) is 12.3. The van der Waals surface area contributed by atoms with Crippen molar-refractivity contribution in [3.8, 4) is 0 Å². The van der Waals surface area contributed by atoms with Gasteiger partial charge in [-0.1, -0.05) is 34.6 Å². The molecule has 0 spiro atoms. The van der Waals surface area contributed by atoms with Gasteiger partial charge < -0.3 is 4.74 Å². The van der Waals surface area contributed by atoms with E-state index in [0.717, 1.165) is 6.42 Å². The van der Waals surface area contributed by atoms with E-state index in [1.54, 1.807) is 0 Å². The minimum atomic E-state index is -0.429. The Labute approximate surface area is 108 Å². The molecule has 0 saturated heterocycles. The van der Waals surface area contributed by atoms with Crippen LogP contribution in [0.25, 0.3) is 0 Å². The largest absolute Gasteiger partial charge is 0.422 e. The van der Waals surface area contributed by atoms with E-state index in [1.165, 1.54) is 0 Å². The molecule has 0 fully saturated rings. The first-order valence-electron chi connectivity index (χ1n) is 6.19. The molecule has 0 saturated carbocycles. The Balaban J connectivity index is 4.93. The van der Waals surface area contributed by atoms with Crippen LogP contribution in [0.15, 0.2) is 0 Å². The molecule has 17 heavy (non-hydrogen) atoms. The molecule has 0 radical (unpaired) electrons. The van der Waals surface area contributed by atoms with Crippen molar-refractivity contribution < 1.29 is 9.53 Å². The van der Waals surface area contributed by atoms with E-state index in [-0.39, 0.29) is 11.4 Å². The Bertz CT molecular complexity index is 289. The highest BCUT2D eigenvalue weighted by molar-refractivity contribution is 7.54. The molecule has 3 heteroatoms. The van der Waals surface area contributed by atoms with Gasteiger partial charge in [0.15, 0.2) is 0 Å². The summed E-state index contributed by atoms with van der Waals surface area (Å²) in [5.74, 6) is 0.409. The van der Waals surface area contributed by atoms with Crippen molar-refractivity contribution in [2.45, 2.75) is 48.0 Å². The zero-order valence-corrected chi connectivity index (χ0v) is 13.4. The minimum absolute atomic E-state index is 0.0725. The SMILES string of the molecule is C=[P+](C)COC(=O)C(C)(CC(C)C)C(C)(C)C. The lowest BCUT2D eigenvalue weighted by Crippen LogP contribution is -2.42. The average Bonchev–Trinajstić information content (AvgIpc) is 2.10. The summed E-state index contributed by atoms with van der Waals surface area (Å²) < 4.78 is 5.42. The molecular formula is C14H28O2P+. The monoisotopic (exact) mass is 259 g/mol. The van der Waals surface area contributed by atoms with Gasteiger partial charge in [0.25, 0.3) is 0 Å². The Hall–Kier alpha value is -0.360. The van der Waals surface area contributed by atoms with Crippen LogP contribution in [0.5, 0.6) is 0 Å². The fourth-order valence-corrected chi connectivity index (χ4v) is 2.18. The lowest BCUT2D eigenvalue weighted by molar-refractivity contribution is -0.161. The maximum absolute atomic E-state index is 12.3. The maximum atomic E-state index is 12.3. The van der Waals surface area contributed by atoms with Crippen molar-refractivity contribution in [1.82, 2.24) is 0 Å². The Morgan fingerprint density at radius 2 is 1.76 bits per heavy atom. The smallest absolute Gasteiger partial charge is 0.315 e. The number of carbonyl (C=O) groups is 1. The van der Waals surface area contributed by atoms with Crippen LogP contribution in [0.4, 0.5) is 0 Å². The second-order valence-electron chi connectivity index (χ2n) is 6.60. The van der Waals surface area contributed by atoms with E-state index < -0.39 is 13.0 Å². The van der Waals surface area contributed by atoms with E-state index in [4.69, 9.17) is 4.74 Å². The van der Waals surface area contributed by atoms with Gasteiger partial charge in [0.2, 0.25) is 6.35 Å². The molecule has 2 unspecified atom stereocenters. The fourth-order valence-electron chi connectivity index (χ4n) is 1.84. The Kier molecular flexibility index (Phi) is 5.87. The van der Waals surface area contributed by atoms with Gasteiger partial charge in [-0.05, 0) is 24.7 Å². The number of ether oxygens (including phenoxy) is 1. The van der Waals surface area contributed by atoms with E-state index >= 15 is 0 Å². The predicted molar refractivity (Wildman–Crippen MR) is 77.9 cm³/mol. The van der Waals surface area contributed by atoms with Crippen molar-refractivity contribution in [3.63, 3.8) is 0 Å². The molecule has 0 aliphatic heterocycles. The van der Waals surface area contributed by atoms with Crippen LogP contribution in [0.3, 0.4) is 0 Å². The summed E-state index contributed by atoms with van der Waals surface area (Å²) in [6, 6.07) is 0. The highest BCUT2D eigenvalue weighted by Gasteiger charge is 2.46. The van der Waals surface area contributed by atoms with Crippen LogP contribution >= 0.6 is 7.55 Å². The standard InChI is InChI=1S/C14H28O2P/c1-11(2)9-14(6,13(3,4)5)12(15)16-10-17(7)8/h11H,7,9-10H2,1-6,8H3/q+1. The highest BCUT2D eigenvalue weighted by Crippen LogP contribution is 2.44. The van der Waals surface area contributed by atoms with E-state index in [9.17, 15) is 4.79 Å². The number of hydrogen-bond acceptors (Lipinski definition) is 2. The van der Waals surface area contributed by atoms with Crippen molar-refractivity contribution >= 4 is 19.8 Å². The van der Waals surface area contributed by atoms with Gasteiger partial charge in [-0.15, -0.1) is 0 Å². The zero-order valence-electron chi connectivity index (χ0n) is 12.5. The molecule has 0 bridgehead atoms. The third-order valence-electron chi connectivity index (χ3n) is 3.34. The van der Waals surface area contributed by atoms with E-state index in [1.807, 2.05) is 13.6 Å². The van der Waals surface area contributed by atoms with Gasteiger partial charge in [-0.3, -0.25) is 4.79 Å². The van der Waals surface area contributed by atoms with Crippen LogP contribution < -0.4 is 0 Å². The second-order valence-corrected chi connectivity index (χ2v) is 8.57. The van der Waals surface area contributed by atoms with Crippen LogP contribution in [0.2, 0.25) is 0 Å². The minimum Gasteiger partial charge on any atom is -0.422 e. The predicted octanol–water partition coefficient (Wildman–Crippen LogP) is 4.13. The molecule has 0 N–H and O–H groups in total. The highest BCUT2D eigenvalue weighted by atomic mass is 31.1. The second kappa shape index (κ2) is 6.00. The topological polar surface area (TPSA) is 26.3 Å². The molecule has 0 aromatic heterocycles. The number of rotatable bonds is 5. The molecular weight excluding hydrogens is 231 g/mol. The summed E-state index contributed by atoms with van der Waals surface area (Å²) >= 11 is 0. The van der Waals surface area contributed by atoms with Gasteiger partial charge in [-0.25, -0.2) is 0 Å². The van der Waals surface area contributed by atoms with Crippen molar-refractivity contribution in [2.24, 2.45) is 16.7 Å². The van der Waals surface area contributed by atoms with Gasteiger partial charge >= 0.3 is 5.97 Å². The third kappa shape index (κ3) is 4.79. The number of esters is 1. The molecule has 2 atom stereocenters. The van der Waals surface area contributed by atoms with Crippen molar-refractivity contribution in [2.75, 3.05) is 13.0 Å². The van der Waals surface area contributed by atoms with Crippen LogP contribution in [0, 0.1) is 16.7 Å². The zero-order chi connectivity index (χ0) is 13.9. The summed E-state index contributed by atoms with van der Waals surface area (Å²) in [7, 11) is -0.429. The van der Waals surface area contributed by atoms with Crippen LogP contribution in [0.1, 0.15) is 48.0 Å². The molecule has 0 aromatic carbocycles. The Morgan fingerprint density at radius 3 is 2.06 bits per heavy atom. The van der Waals surface area contributed by atoms with E-state index in [0.29, 0.717) is 12.3 Å². The first-order valence-corrected chi connectivity index (χ1v) is 8.35. The Morgan fingerprint density at radius 1 is 1.29 bits per heavy atom. The normalized spacial score (nSPS) is 16.6. The quantitative estimate of drug-likeness (QED) is 0.548. The lowest BCUT2D eigenvalue weighted by Gasteiger charge is -2.40. The van der Waals surface area contributed by atoms with Crippen molar-refractivity contribution in [3.05, 3.63) is 0 Å². The maximum Gasteiger partial charge on any atom is 0.315 e. The summed E-state index contributed by atoms with van der Waals surface area (Å²) in [5, 5.41) is 0. The average molecular weight is 259 g/mol. The van der Waals surface area contributed by atoms with Gasteiger partial charge in [0, 0.05) is 0 Å². The van der Waals surface area contributed by atoms with Gasteiger partial charge in [0.05, 0.1) is 18.4 Å². The van der Waals surface area contributed by atoms with E-state index in [2.05, 4.69) is 40.9 Å². The molecule has 100 valence electrons. The molecule has 0 aliphatic rings. The van der Waals surface area contributed by atoms with Crippen LogP contribution in [-0.4, -0.2) is 25.3 Å². The summed E-state index contributed by atoms with van der Waals surface area (Å²) in [6.45, 7) is 14.6. The number of hydrogen-bond donors (Lipinski definition) is 0. The fraction of sp³-hybridized carbons (Fsp3) is 0.857. The molecule has 0 aliphatic carbocycles. The van der Waals surface area contributed by atoms with Gasteiger partial charge in [-0.2, -0.15) is 0 Å². The molecule has 0 rings (SSSR count). The third-order valence-corrected chi connectivity index (χ3v) is 3.91. The lowest BCUT2D eigenvalue weighted by atomic mass is 9.64. The molecule has 0 heterocycles. The molecule has 0 aromatic rings. The molecule has 0 amide bonds. The van der Waals surface area contributed by atoms with Gasteiger partial charge in [0.1, 0.15) is 7.55 Å². The summed E-state index contributed by atoms with van der Waals surface area (Å²) in [5.41, 5.74) is -0.515.